The van der Waals surface area contributed by atoms with Crippen LogP contribution in [0.3, 0.4) is 0 Å². The van der Waals surface area contributed by atoms with Gasteiger partial charge < -0.3 is 14.9 Å². The second-order valence-corrected chi connectivity index (χ2v) is 6.87. The molecule has 28 heavy (non-hydrogen) atoms. The van der Waals surface area contributed by atoms with Crippen LogP contribution in [0.5, 0.6) is 0 Å². The van der Waals surface area contributed by atoms with Crippen LogP contribution >= 0.6 is 11.3 Å². The first-order valence-corrected chi connectivity index (χ1v) is 9.88. The third-order valence-electron chi connectivity index (χ3n) is 3.77. The van der Waals surface area contributed by atoms with Crippen LogP contribution in [0.2, 0.25) is 0 Å². The minimum Gasteiger partial charge on any atom is -0.493 e. The van der Waals surface area contributed by atoms with Gasteiger partial charge in [0.1, 0.15) is 19.0 Å². The van der Waals surface area contributed by atoms with Crippen LogP contribution < -0.4 is 10.6 Å². The number of thiazole rings is 1. The Hall–Kier alpha value is -3.09. The van der Waals surface area contributed by atoms with Crippen LogP contribution in [0, 0.1) is 0 Å². The fourth-order valence-corrected chi connectivity index (χ4v) is 3.50. The molecule has 0 aliphatic heterocycles. The smallest absolute Gasteiger partial charge is 0.321 e. The van der Waals surface area contributed by atoms with E-state index in [1.165, 1.54) is 11.3 Å². The number of aromatic nitrogens is 1. The van der Waals surface area contributed by atoms with Crippen molar-refractivity contribution >= 4 is 33.9 Å². The van der Waals surface area contributed by atoms with Gasteiger partial charge in [-0.2, -0.15) is 0 Å². The lowest BCUT2D eigenvalue weighted by molar-refractivity contribution is 0.161. The van der Waals surface area contributed by atoms with Crippen LogP contribution in [-0.2, 0) is 22.6 Å². The first-order chi connectivity index (χ1) is 13.7. The van der Waals surface area contributed by atoms with Crippen LogP contribution in [0.15, 0.2) is 47.3 Å². The fraction of sp³-hybridized carbons (Fsp3) is 0.300. The molecule has 146 valence electrons. The highest BCUT2D eigenvalue weighted by Crippen LogP contribution is 2.35. The number of amides is 2. The number of ether oxygens (including phenoxy) is 1. The fourth-order valence-electron chi connectivity index (χ4n) is 2.55. The van der Waals surface area contributed by atoms with E-state index >= 15 is 0 Å². The molecule has 3 rings (SSSR count). The molecule has 1 aromatic heterocycles. The molecule has 0 bridgehead atoms. The second-order valence-electron chi connectivity index (χ2n) is 5.88. The number of hydrogen-bond acceptors (Lipinski definition) is 6. The zero-order valence-corrected chi connectivity index (χ0v) is 16.6. The topological polar surface area (TPSA) is 84.8 Å². The van der Waals surface area contributed by atoms with Gasteiger partial charge in [0.2, 0.25) is 0 Å². The molecule has 0 saturated heterocycles. The van der Waals surface area contributed by atoms with Gasteiger partial charge in [0.15, 0.2) is 5.13 Å². The monoisotopic (exact) mass is 398 g/mol. The maximum atomic E-state index is 11.8. The lowest BCUT2D eigenvalue weighted by atomic mass is 10.0. The molecule has 1 aliphatic rings. The van der Waals surface area contributed by atoms with Gasteiger partial charge in [0.25, 0.3) is 0 Å². The summed E-state index contributed by atoms with van der Waals surface area (Å²) in [6.07, 6.45) is 2.43. The van der Waals surface area contributed by atoms with Crippen molar-refractivity contribution in [2.45, 2.75) is 26.9 Å². The van der Waals surface area contributed by atoms with Gasteiger partial charge in [-0.1, -0.05) is 41.7 Å². The number of nitrogens with one attached hydrogen (secondary N) is 2. The predicted molar refractivity (Wildman–Crippen MR) is 110 cm³/mol. The van der Waals surface area contributed by atoms with Crippen molar-refractivity contribution < 1.29 is 14.4 Å². The SMILES string of the molecule is CCNC(=O)Nc1nc2c(s1)C(=C=NOCC)C=C(OCc1ccccc1)C2. The van der Waals surface area contributed by atoms with E-state index in [2.05, 4.69) is 26.6 Å². The minimum atomic E-state index is -0.282. The number of urea groups is 1. The first-order valence-electron chi connectivity index (χ1n) is 9.06. The maximum absolute atomic E-state index is 11.8. The Morgan fingerprint density at radius 1 is 1.32 bits per heavy atom. The molecule has 1 heterocycles. The molecule has 7 nitrogen and oxygen atoms in total. The Bertz CT molecular complexity index is 915. The van der Waals surface area contributed by atoms with E-state index in [1.807, 2.05) is 50.3 Å². The molecular weight excluding hydrogens is 376 g/mol. The molecule has 0 unspecified atom stereocenters. The van der Waals surface area contributed by atoms with E-state index in [4.69, 9.17) is 9.57 Å². The predicted octanol–water partition coefficient (Wildman–Crippen LogP) is 3.95. The summed E-state index contributed by atoms with van der Waals surface area (Å²) < 4.78 is 5.97. The highest BCUT2D eigenvalue weighted by atomic mass is 32.1. The number of anilines is 1. The molecule has 0 atom stereocenters. The third-order valence-corrected chi connectivity index (χ3v) is 4.82. The first kappa shape index (κ1) is 19.7. The van der Waals surface area contributed by atoms with E-state index in [9.17, 15) is 4.79 Å². The zero-order valence-electron chi connectivity index (χ0n) is 15.8. The Morgan fingerprint density at radius 3 is 2.89 bits per heavy atom. The van der Waals surface area contributed by atoms with Crippen LogP contribution in [0.1, 0.15) is 30.0 Å². The average Bonchev–Trinajstić information content (AvgIpc) is 3.10. The summed E-state index contributed by atoms with van der Waals surface area (Å²) in [4.78, 5) is 22.3. The molecule has 0 fully saturated rings. The molecule has 1 aromatic carbocycles. The van der Waals surface area contributed by atoms with Crippen molar-refractivity contribution in [3.05, 3.63) is 58.3 Å². The molecule has 0 radical (unpaired) electrons. The summed E-state index contributed by atoms with van der Waals surface area (Å²) in [6, 6.07) is 9.67. The molecule has 0 spiro atoms. The second kappa shape index (κ2) is 9.73. The Kier molecular flexibility index (Phi) is 6.84. The summed E-state index contributed by atoms with van der Waals surface area (Å²) in [5.74, 6) is 3.67. The van der Waals surface area contributed by atoms with Crippen molar-refractivity contribution in [3.8, 4) is 0 Å². The highest BCUT2D eigenvalue weighted by Gasteiger charge is 2.22. The number of rotatable bonds is 7. The Balaban J connectivity index is 1.81. The van der Waals surface area contributed by atoms with Crippen molar-refractivity contribution in [3.63, 3.8) is 0 Å². The van der Waals surface area contributed by atoms with E-state index in [1.54, 1.807) is 0 Å². The van der Waals surface area contributed by atoms with Gasteiger partial charge in [-0.3, -0.25) is 5.32 Å². The van der Waals surface area contributed by atoms with Gasteiger partial charge in [0, 0.05) is 18.8 Å². The zero-order chi connectivity index (χ0) is 19.8. The van der Waals surface area contributed by atoms with E-state index in [0.717, 1.165) is 27.5 Å². The quantitative estimate of drug-likeness (QED) is 0.546. The largest absolute Gasteiger partial charge is 0.493 e. The minimum absolute atomic E-state index is 0.282. The van der Waals surface area contributed by atoms with Gasteiger partial charge in [0.05, 0.1) is 16.1 Å². The summed E-state index contributed by atoms with van der Waals surface area (Å²) in [7, 11) is 0. The number of carbonyl (C=O) groups is 1. The molecule has 8 heteroatoms. The average molecular weight is 398 g/mol. The number of benzene rings is 1. The molecule has 1 aliphatic carbocycles. The Morgan fingerprint density at radius 2 is 2.14 bits per heavy atom. The summed E-state index contributed by atoms with van der Waals surface area (Å²) in [5, 5.41) is 9.82. The van der Waals surface area contributed by atoms with Gasteiger partial charge in [-0.05, 0) is 30.6 Å². The van der Waals surface area contributed by atoms with Crippen LogP contribution in [0.25, 0.3) is 5.57 Å². The number of hydrogen-bond donors (Lipinski definition) is 2. The Labute approximate surface area is 167 Å². The molecule has 2 amide bonds. The molecule has 2 N–H and O–H groups in total. The molecule has 0 saturated carbocycles. The highest BCUT2D eigenvalue weighted by molar-refractivity contribution is 7.17. The van der Waals surface area contributed by atoms with Crippen molar-refractivity contribution in [1.29, 1.82) is 0 Å². The van der Waals surface area contributed by atoms with E-state index in [0.29, 0.717) is 31.3 Å². The van der Waals surface area contributed by atoms with E-state index < -0.39 is 0 Å². The lowest BCUT2D eigenvalue weighted by Gasteiger charge is -2.15. The summed E-state index contributed by atoms with van der Waals surface area (Å²) in [6.45, 7) is 5.18. The van der Waals surface area contributed by atoms with Gasteiger partial charge >= 0.3 is 6.03 Å². The van der Waals surface area contributed by atoms with Gasteiger partial charge in [-0.15, -0.1) is 0 Å². The number of allylic oxidation sites excluding steroid dienone is 3. The lowest BCUT2D eigenvalue weighted by Crippen LogP contribution is -2.28. The summed E-state index contributed by atoms with van der Waals surface area (Å²) >= 11 is 1.37. The van der Waals surface area contributed by atoms with Crippen LogP contribution in [-0.4, -0.2) is 30.0 Å². The maximum Gasteiger partial charge on any atom is 0.321 e. The van der Waals surface area contributed by atoms with E-state index in [-0.39, 0.29) is 6.03 Å². The van der Waals surface area contributed by atoms with Crippen molar-refractivity contribution in [2.24, 2.45) is 5.16 Å². The number of fused-ring (bicyclic) bond motifs is 1. The number of nitrogens with zero attached hydrogens (tertiary/aromatic N) is 2. The third kappa shape index (κ3) is 5.22. The van der Waals surface area contributed by atoms with Gasteiger partial charge in [-0.25, -0.2) is 9.78 Å². The summed E-state index contributed by atoms with van der Waals surface area (Å²) in [5.41, 5.74) is 2.62. The standard InChI is InChI=1S/C20H22N4O3S/c1-3-21-19(25)24-20-23-17-11-16(26-13-14-8-6-5-7-9-14)10-15(18(17)28-20)12-22-27-4-2/h5-10H,3-4,11,13H2,1-2H3,(H2,21,23,24,25). The normalized spacial score (nSPS) is 12.4. The molecule has 2 aromatic rings. The van der Waals surface area contributed by atoms with Crippen LogP contribution in [0.4, 0.5) is 9.93 Å². The van der Waals surface area contributed by atoms with Crippen molar-refractivity contribution in [1.82, 2.24) is 10.3 Å². The molecular formula is C20H22N4O3S. The number of carbonyl (C=O) groups excluding carboxylic acids is 1. The van der Waals surface area contributed by atoms with Crippen molar-refractivity contribution in [2.75, 3.05) is 18.5 Å².